The van der Waals surface area contributed by atoms with Crippen LogP contribution in [0.3, 0.4) is 0 Å². The molecule has 0 heterocycles. The number of hydrogen-bond donors (Lipinski definition) is 3. The van der Waals surface area contributed by atoms with Crippen LogP contribution in [0, 0.1) is 0 Å². The maximum absolute atomic E-state index is 12.5. The minimum absolute atomic E-state index is 0.0467. The van der Waals surface area contributed by atoms with Gasteiger partial charge in [-0.1, -0.05) is 48.5 Å². The summed E-state index contributed by atoms with van der Waals surface area (Å²) in [7, 11) is -3.72. The zero-order valence-electron chi connectivity index (χ0n) is 15.7. The topological polar surface area (TPSA) is 109 Å². The molecule has 3 rings (SSSR count). The molecule has 4 N–H and O–H groups in total. The molecule has 150 valence electrons. The number of primary sulfonamides is 1. The van der Waals surface area contributed by atoms with Crippen molar-refractivity contribution in [2.45, 2.75) is 17.7 Å². The summed E-state index contributed by atoms with van der Waals surface area (Å²) in [6.07, 6.45) is 1.18. The van der Waals surface area contributed by atoms with E-state index in [-0.39, 0.29) is 22.1 Å². The lowest BCUT2D eigenvalue weighted by molar-refractivity contribution is 0.0951. The van der Waals surface area contributed by atoms with Gasteiger partial charge in [-0.15, -0.1) is 0 Å². The van der Waals surface area contributed by atoms with Crippen LogP contribution in [0.2, 0.25) is 0 Å². The van der Waals surface area contributed by atoms with E-state index in [0.29, 0.717) is 19.4 Å². The summed E-state index contributed by atoms with van der Waals surface area (Å²) in [5.74, 6) is -0.435. The van der Waals surface area contributed by atoms with Crippen LogP contribution in [0.15, 0.2) is 77.7 Å². The summed E-state index contributed by atoms with van der Waals surface area (Å²) in [4.78, 5) is 12.5. The number of carbonyl (C=O) groups excluding carboxylic acids is 1. The molecule has 29 heavy (non-hydrogen) atoms. The van der Waals surface area contributed by atoms with Crippen molar-refractivity contribution in [3.8, 4) is 5.75 Å². The van der Waals surface area contributed by atoms with Crippen molar-refractivity contribution in [3.63, 3.8) is 0 Å². The van der Waals surface area contributed by atoms with Crippen molar-refractivity contribution >= 4 is 15.9 Å². The third-order valence-electron chi connectivity index (χ3n) is 4.51. The number of carbonyl (C=O) groups is 1. The summed E-state index contributed by atoms with van der Waals surface area (Å²) in [6.45, 7) is 0.343. The normalized spacial score (nSPS) is 11.2. The van der Waals surface area contributed by atoms with E-state index in [1.165, 1.54) is 18.2 Å². The van der Waals surface area contributed by atoms with Gasteiger partial charge in [-0.2, -0.15) is 0 Å². The van der Waals surface area contributed by atoms with Crippen LogP contribution in [0.4, 0.5) is 0 Å². The van der Waals surface area contributed by atoms with E-state index in [9.17, 15) is 18.3 Å². The molecule has 3 aromatic rings. The Kier molecular flexibility index (Phi) is 6.31. The highest BCUT2D eigenvalue weighted by atomic mass is 32.2. The summed E-state index contributed by atoms with van der Waals surface area (Å²) in [5.41, 5.74) is 3.13. The van der Waals surface area contributed by atoms with E-state index in [2.05, 4.69) is 5.32 Å². The Morgan fingerprint density at radius 2 is 1.55 bits per heavy atom. The smallest absolute Gasteiger partial charge is 0.255 e. The van der Waals surface area contributed by atoms with E-state index in [1.54, 1.807) is 24.3 Å². The Bertz CT molecular complexity index is 1100. The molecule has 3 aromatic carbocycles. The molecule has 0 aliphatic carbocycles. The largest absolute Gasteiger partial charge is 0.507 e. The van der Waals surface area contributed by atoms with E-state index in [4.69, 9.17) is 5.14 Å². The molecule has 0 saturated carbocycles. The Hall–Kier alpha value is -3.16. The molecular weight excluding hydrogens is 388 g/mol. The van der Waals surface area contributed by atoms with Gasteiger partial charge in [0, 0.05) is 6.54 Å². The Morgan fingerprint density at radius 1 is 0.897 bits per heavy atom. The minimum atomic E-state index is -3.72. The van der Waals surface area contributed by atoms with Gasteiger partial charge in [0.1, 0.15) is 5.75 Å². The van der Waals surface area contributed by atoms with Gasteiger partial charge in [0.15, 0.2) is 0 Å². The molecule has 1 amide bonds. The fourth-order valence-corrected chi connectivity index (χ4v) is 3.48. The SMILES string of the molecule is NS(=O)(=O)c1ccc(CCNC(=O)c2cc(Cc3ccccc3)ccc2O)cc1. The third kappa shape index (κ3) is 5.66. The van der Waals surface area contributed by atoms with Crippen molar-refractivity contribution in [2.24, 2.45) is 5.14 Å². The first-order valence-electron chi connectivity index (χ1n) is 9.09. The van der Waals surface area contributed by atoms with Gasteiger partial charge in [0.25, 0.3) is 5.91 Å². The summed E-state index contributed by atoms with van der Waals surface area (Å²) in [5, 5.41) is 17.9. The fourth-order valence-electron chi connectivity index (χ4n) is 2.97. The maximum atomic E-state index is 12.5. The predicted octanol–water partition coefficient (Wildman–Crippen LogP) is 2.60. The van der Waals surface area contributed by atoms with Crippen LogP contribution in [-0.4, -0.2) is 26.0 Å². The predicted molar refractivity (Wildman–Crippen MR) is 111 cm³/mol. The number of benzene rings is 3. The number of phenols is 1. The van der Waals surface area contributed by atoms with Crippen molar-refractivity contribution in [1.29, 1.82) is 0 Å². The summed E-state index contributed by atoms with van der Waals surface area (Å²) in [6, 6.07) is 21.1. The molecule has 0 radical (unpaired) electrons. The monoisotopic (exact) mass is 410 g/mol. The highest BCUT2D eigenvalue weighted by molar-refractivity contribution is 7.89. The molecule has 0 aromatic heterocycles. The van der Waals surface area contributed by atoms with E-state index >= 15 is 0 Å². The molecule has 0 aliphatic heterocycles. The van der Waals surface area contributed by atoms with Gasteiger partial charge in [0.2, 0.25) is 10.0 Å². The minimum Gasteiger partial charge on any atom is -0.507 e. The second kappa shape index (κ2) is 8.89. The Morgan fingerprint density at radius 3 is 2.21 bits per heavy atom. The van der Waals surface area contributed by atoms with Gasteiger partial charge in [0.05, 0.1) is 10.5 Å². The number of sulfonamides is 1. The number of rotatable bonds is 7. The first-order valence-corrected chi connectivity index (χ1v) is 10.6. The molecule has 0 saturated heterocycles. The van der Waals surface area contributed by atoms with E-state index < -0.39 is 10.0 Å². The third-order valence-corrected chi connectivity index (χ3v) is 5.44. The molecule has 0 aliphatic rings. The first-order chi connectivity index (χ1) is 13.8. The average Bonchev–Trinajstić information content (AvgIpc) is 2.70. The number of aromatic hydroxyl groups is 1. The lowest BCUT2D eigenvalue weighted by Gasteiger charge is -2.10. The van der Waals surface area contributed by atoms with Crippen molar-refractivity contribution in [2.75, 3.05) is 6.54 Å². The number of phenolic OH excluding ortho intramolecular Hbond substituents is 1. The molecule has 6 nitrogen and oxygen atoms in total. The highest BCUT2D eigenvalue weighted by Crippen LogP contribution is 2.20. The van der Waals surface area contributed by atoms with Crippen molar-refractivity contribution in [1.82, 2.24) is 5.32 Å². The van der Waals surface area contributed by atoms with Crippen LogP contribution in [0.25, 0.3) is 0 Å². The highest BCUT2D eigenvalue weighted by Gasteiger charge is 2.12. The van der Waals surface area contributed by atoms with Crippen LogP contribution in [0.1, 0.15) is 27.0 Å². The maximum Gasteiger partial charge on any atom is 0.255 e. The summed E-state index contributed by atoms with van der Waals surface area (Å²) >= 11 is 0. The van der Waals surface area contributed by atoms with E-state index in [0.717, 1.165) is 16.7 Å². The number of amides is 1. The molecule has 7 heteroatoms. The van der Waals surface area contributed by atoms with Gasteiger partial charge in [-0.3, -0.25) is 4.79 Å². The van der Waals surface area contributed by atoms with Crippen molar-refractivity contribution in [3.05, 3.63) is 95.1 Å². The number of nitrogens with two attached hydrogens (primary N) is 1. The van der Waals surface area contributed by atoms with Crippen molar-refractivity contribution < 1.29 is 18.3 Å². The quantitative estimate of drug-likeness (QED) is 0.556. The molecule has 0 unspecified atom stereocenters. The lowest BCUT2D eigenvalue weighted by atomic mass is 10.0. The molecular formula is C22H22N2O4S. The molecule has 0 fully saturated rings. The van der Waals surface area contributed by atoms with E-state index in [1.807, 2.05) is 30.3 Å². The Labute approximate surface area is 170 Å². The standard InChI is InChI=1S/C22H22N2O4S/c23-29(27,28)19-9-6-16(7-10-19)12-13-24-22(26)20-15-18(8-11-21(20)25)14-17-4-2-1-3-5-17/h1-11,15,25H,12-14H2,(H,24,26)(H2,23,27,28). The fraction of sp³-hybridized carbons (Fsp3) is 0.136. The number of nitrogens with one attached hydrogen (secondary N) is 1. The summed E-state index contributed by atoms with van der Waals surface area (Å²) < 4.78 is 22.6. The zero-order chi connectivity index (χ0) is 20.9. The molecule has 0 atom stereocenters. The Balaban J connectivity index is 1.61. The first kappa shape index (κ1) is 20.6. The van der Waals surface area contributed by atoms with Gasteiger partial charge in [-0.25, -0.2) is 13.6 Å². The van der Waals surface area contributed by atoms with Crippen LogP contribution >= 0.6 is 0 Å². The van der Waals surface area contributed by atoms with Crippen LogP contribution in [0.5, 0.6) is 5.75 Å². The second-order valence-corrected chi connectivity index (χ2v) is 8.27. The van der Waals surface area contributed by atoms with Gasteiger partial charge in [-0.05, 0) is 53.8 Å². The second-order valence-electron chi connectivity index (χ2n) is 6.71. The average molecular weight is 410 g/mol. The molecule has 0 spiro atoms. The lowest BCUT2D eigenvalue weighted by Crippen LogP contribution is -2.26. The van der Waals surface area contributed by atoms with Crippen LogP contribution < -0.4 is 10.5 Å². The van der Waals surface area contributed by atoms with Gasteiger partial charge < -0.3 is 10.4 Å². The molecule has 0 bridgehead atoms. The van der Waals surface area contributed by atoms with Gasteiger partial charge >= 0.3 is 0 Å². The number of hydrogen-bond acceptors (Lipinski definition) is 4. The zero-order valence-corrected chi connectivity index (χ0v) is 16.5. The van der Waals surface area contributed by atoms with Crippen LogP contribution in [-0.2, 0) is 22.9 Å².